The topological polar surface area (TPSA) is 58.5 Å². The molecule has 0 spiro atoms. The average Bonchev–Trinajstić information content (AvgIpc) is 2.98. The van der Waals surface area contributed by atoms with E-state index in [4.69, 9.17) is 4.74 Å². The largest absolute Gasteiger partial charge is 0.496 e. The van der Waals surface area contributed by atoms with Crippen LogP contribution in [0.1, 0.15) is 12.5 Å². The van der Waals surface area contributed by atoms with Crippen LogP contribution in [0.4, 0.5) is 5.13 Å². The first-order valence-corrected chi connectivity index (χ1v) is 7.28. The van der Waals surface area contributed by atoms with E-state index in [1.807, 2.05) is 36.6 Å². The Morgan fingerprint density at radius 1 is 1.40 bits per heavy atom. The maximum absolute atomic E-state index is 5.32. The molecule has 106 valence electrons. The van der Waals surface area contributed by atoms with E-state index in [-0.39, 0.29) is 0 Å². The van der Waals surface area contributed by atoms with E-state index in [0.29, 0.717) is 12.5 Å². The summed E-state index contributed by atoms with van der Waals surface area (Å²) in [5.74, 6) is 1.56. The van der Waals surface area contributed by atoms with Crippen LogP contribution in [0.15, 0.2) is 40.8 Å². The van der Waals surface area contributed by atoms with Crippen molar-refractivity contribution in [3.63, 3.8) is 0 Å². The van der Waals surface area contributed by atoms with Crippen molar-refractivity contribution in [2.75, 3.05) is 19.0 Å². The minimum Gasteiger partial charge on any atom is -0.496 e. The van der Waals surface area contributed by atoms with Gasteiger partial charge in [0.1, 0.15) is 5.75 Å². The highest BCUT2D eigenvalue weighted by atomic mass is 32.1. The van der Waals surface area contributed by atoms with E-state index in [1.165, 1.54) is 11.3 Å². The van der Waals surface area contributed by atoms with E-state index < -0.39 is 0 Å². The summed E-state index contributed by atoms with van der Waals surface area (Å²) < 4.78 is 5.32. The predicted molar refractivity (Wildman–Crippen MR) is 83.5 cm³/mol. The van der Waals surface area contributed by atoms with E-state index in [0.717, 1.165) is 23.0 Å². The summed E-state index contributed by atoms with van der Waals surface area (Å²) in [6.07, 6.45) is 1.76. The number of ether oxygens (including phenoxy) is 1. The number of hydrogen-bond acceptors (Lipinski definition) is 4. The molecule has 0 saturated heterocycles. The summed E-state index contributed by atoms with van der Waals surface area (Å²) in [5, 5.41) is 9.11. The Labute approximate surface area is 122 Å². The maximum atomic E-state index is 5.32. The number of anilines is 1. The second-order valence-electron chi connectivity index (χ2n) is 3.97. The molecule has 6 heteroatoms. The van der Waals surface area contributed by atoms with Crippen LogP contribution in [0.2, 0.25) is 0 Å². The van der Waals surface area contributed by atoms with Gasteiger partial charge in [0.05, 0.1) is 13.7 Å². The van der Waals surface area contributed by atoms with Crippen molar-refractivity contribution in [3.05, 3.63) is 41.4 Å². The Hall–Kier alpha value is -2.08. The second-order valence-corrected chi connectivity index (χ2v) is 4.86. The third kappa shape index (κ3) is 3.96. The number of hydrogen-bond donors (Lipinski definition) is 2. The molecule has 0 aliphatic heterocycles. The minimum absolute atomic E-state index is 0.546. The molecule has 1 aromatic carbocycles. The van der Waals surface area contributed by atoms with Crippen LogP contribution in [0.5, 0.6) is 5.75 Å². The highest BCUT2D eigenvalue weighted by Crippen LogP contribution is 2.18. The number of thiazole rings is 1. The molecule has 0 atom stereocenters. The van der Waals surface area contributed by atoms with E-state index in [1.54, 1.807) is 13.3 Å². The highest BCUT2D eigenvalue weighted by molar-refractivity contribution is 7.13. The van der Waals surface area contributed by atoms with Gasteiger partial charge in [-0.05, 0) is 13.0 Å². The van der Waals surface area contributed by atoms with Gasteiger partial charge < -0.3 is 15.4 Å². The van der Waals surface area contributed by atoms with Crippen molar-refractivity contribution >= 4 is 22.4 Å². The van der Waals surface area contributed by atoms with Crippen molar-refractivity contribution in [2.24, 2.45) is 4.99 Å². The number of para-hydroxylation sites is 1. The Kier molecular flexibility index (Phi) is 5.37. The van der Waals surface area contributed by atoms with Gasteiger partial charge in [-0.25, -0.2) is 9.98 Å². The van der Waals surface area contributed by atoms with Crippen molar-refractivity contribution in [3.8, 4) is 5.75 Å². The summed E-state index contributed by atoms with van der Waals surface area (Å²) in [7, 11) is 1.67. The molecule has 20 heavy (non-hydrogen) atoms. The molecule has 0 fully saturated rings. The average molecular weight is 290 g/mol. The van der Waals surface area contributed by atoms with Crippen molar-refractivity contribution in [1.82, 2.24) is 10.3 Å². The molecular formula is C14H18N4OS. The zero-order valence-corrected chi connectivity index (χ0v) is 12.4. The number of rotatable bonds is 5. The molecule has 0 amide bonds. The third-order valence-corrected chi connectivity index (χ3v) is 3.29. The van der Waals surface area contributed by atoms with Gasteiger partial charge in [-0.1, -0.05) is 18.2 Å². The number of nitrogens with one attached hydrogen (secondary N) is 2. The lowest BCUT2D eigenvalue weighted by Crippen LogP contribution is -2.30. The predicted octanol–water partition coefficient (Wildman–Crippen LogP) is 2.73. The molecule has 2 aromatic rings. The molecule has 1 aromatic heterocycles. The van der Waals surface area contributed by atoms with Gasteiger partial charge in [-0.3, -0.25) is 0 Å². The molecule has 0 unspecified atom stereocenters. The Morgan fingerprint density at radius 2 is 2.25 bits per heavy atom. The molecule has 1 heterocycles. The molecule has 2 N–H and O–H groups in total. The Bertz CT molecular complexity index is 554. The van der Waals surface area contributed by atoms with Crippen LogP contribution in [0.3, 0.4) is 0 Å². The van der Waals surface area contributed by atoms with Crippen molar-refractivity contribution in [2.45, 2.75) is 13.5 Å². The van der Waals surface area contributed by atoms with Crippen LogP contribution in [0, 0.1) is 0 Å². The van der Waals surface area contributed by atoms with E-state index in [2.05, 4.69) is 20.6 Å². The number of aromatic nitrogens is 1. The van der Waals surface area contributed by atoms with Gasteiger partial charge in [0.15, 0.2) is 11.1 Å². The molecular weight excluding hydrogens is 272 g/mol. The summed E-state index contributed by atoms with van der Waals surface area (Å²) >= 11 is 1.54. The lowest BCUT2D eigenvalue weighted by Gasteiger charge is -2.10. The lowest BCUT2D eigenvalue weighted by molar-refractivity contribution is 0.410. The van der Waals surface area contributed by atoms with Crippen LogP contribution in [-0.2, 0) is 6.54 Å². The second kappa shape index (κ2) is 7.49. The van der Waals surface area contributed by atoms with Gasteiger partial charge in [0.25, 0.3) is 0 Å². The quantitative estimate of drug-likeness (QED) is 0.656. The molecule has 0 aliphatic rings. The fourth-order valence-corrected chi connectivity index (χ4v) is 2.22. The molecule has 0 aliphatic carbocycles. The summed E-state index contributed by atoms with van der Waals surface area (Å²) in [6, 6.07) is 7.88. The fourth-order valence-electron chi connectivity index (χ4n) is 1.69. The first-order chi connectivity index (χ1) is 9.83. The zero-order valence-electron chi connectivity index (χ0n) is 11.6. The smallest absolute Gasteiger partial charge is 0.197 e. The van der Waals surface area contributed by atoms with Crippen LogP contribution in [0.25, 0.3) is 0 Å². The normalized spacial score (nSPS) is 11.2. The van der Waals surface area contributed by atoms with Gasteiger partial charge in [0, 0.05) is 23.7 Å². The lowest BCUT2D eigenvalue weighted by atomic mass is 10.2. The molecule has 2 rings (SSSR count). The van der Waals surface area contributed by atoms with Gasteiger partial charge in [-0.15, -0.1) is 11.3 Å². The van der Waals surface area contributed by atoms with Gasteiger partial charge in [-0.2, -0.15) is 0 Å². The molecule has 0 radical (unpaired) electrons. The highest BCUT2D eigenvalue weighted by Gasteiger charge is 2.03. The summed E-state index contributed by atoms with van der Waals surface area (Å²) in [5.41, 5.74) is 1.05. The Morgan fingerprint density at radius 3 is 2.95 bits per heavy atom. The number of benzene rings is 1. The van der Waals surface area contributed by atoms with Crippen LogP contribution >= 0.6 is 11.3 Å². The summed E-state index contributed by atoms with van der Waals surface area (Å²) in [4.78, 5) is 8.74. The van der Waals surface area contributed by atoms with E-state index >= 15 is 0 Å². The number of nitrogens with zero attached hydrogens (tertiary/aromatic N) is 2. The third-order valence-electron chi connectivity index (χ3n) is 2.60. The van der Waals surface area contributed by atoms with Crippen LogP contribution in [-0.4, -0.2) is 24.6 Å². The van der Waals surface area contributed by atoms with Gasteiger partial charge >= 0.3 is 0 Å². The fraction of sp³-hybridized carbons (Fsp3) is 0.286. The van der Waals surface area contributed by atoms with Gasteiger partial charge in [0.2, 0.25) is 0 Å². The first kappa shape index (κ1) is 14.3. The SMILES string of the molecule is CCNC(=NCc1ccccc1OC)Nc1nccs1. The minimum atomic E-state index is 0.546. The van der Waals surface area contributed by atoms with E-state index in [9.17, 15) is 0 Å². The molecule has 0 saturated carbocycles. The Balaban J connectivity index is 2.08. The zero-order chi connectivity index (χ0) is 14.2. The number of aliphatic imine (C=N–C) groups is 1. The van der Waals surface area contributed by atoms with Crippen LogP contribution < -0.4 is 15.4 Å². The number of methoxy groups -OCH3 is 1. The molecule has 0 bridgehead atoms. The van der Waals surface area contributed by atoms with Crippen molar-refractivity contribution in [1.29, 1.82) is 0 Å². The van der Waals surface area contributed by atoms with Crippen molar-refractivity contribution < 1.29 is 4.74 Å². The molecule has 5 nitrogen and oxygen atoms in total. The number of guanidine groups is 1. The maximum Gasteiger partial charge on any atom is 0.197 e. The summed E-state index contributed by atoms with van der Waals surface area (Å²) in [6.45, 7) is 3.37. The standard InChI is InChI=1S/C14H18N4OS/c1-3-15-13(18-14-16-8-9-20-14)17-10-11-6-4-5-7-12(11)19-2/h4-9H,3,10H2,1-2H3,(H2,15,16,17,18). The first-order valence-electron chi connectivity index (χ1n) is 6.40. The monoisotopic (exact) mass is 290 g/mol.